The molecule has 3 rings (SSSR count). The first kappa shape index (κ1) is 11.1. The second-order valence-corrected chi connectivity index (χ2v) is 3.91. The molecule has 94 valence electrons. The van der Waals surface area contributed by atoms with Crippen molar-refractivity contribution in [2.45, 2.75) is 0 Å². The molecule has 0 fully saturated rings. The number of non-ortho nitro benzene ring substituents is 1. The number of fused-ring (bicyclic) bond motifs is 1. The molecule has 0 saturated heterocycles. The minimum absolute atomic E-state index is 0.0833. The monoisotopic (exact) mass is 256 g/mol. The molecule has 19 heavy (non-hydrogen) atoms. The number of benzene rings is 1. The molecule has 0 atom stereocenters. The van der Waals surface area contributed by atoms with Gasteiger partial charge in [0, 0.05) is 18.5 Å². The standard InChI is InChI=1S/C12H8N4O3/c17-12-10-8(15-5-1-2-6-15)3-4-9(16(18)19)11(10)13-7-14-12/h1-7H,(H,13,14,17). The van der Waals surface area contributed by atoms with Gasteiger partial charge in [0.2, 0.25) is 0 Å². The van der Waals surface area contributed by atoms with Crippen LogP contribution in [0.4, 0.5) is 5.69 Å². The number of hydrogen-bond donors (Lipinski definition) is 1. The predicted octanol–water partition coefficient (Wildman–Crippen LogP) is 1.62. The van der Waals surface area contributed by atoms with Gasteiger partial charge in [0.15, 0.2) is 5.52 Å². The molecule has 0 unspecified atom stereocenters. The lowest BCUT2D eigenvalue weighted by atomic mass is 10.1. The molecule has 7 heteroatoms. The van der Waals surface area contributed by atoms with E-state index in [1.165, 1.54) is 12.1 Å². The topological polar surface area (TPSA) is 93.8 Å². The highest BCUT2D eigenvalue weighted by molar-refractivity contribution is 5.92. The maximum Gasteiger partial charge on any atom is 0.295 e. The minimum Gasteiger partial charge on any atom is -0.323 e. The molecule has 1 N–H and O–H groups in total. The van der Waals surface area contributed by atoms with Crippen molar-refractivity contribution in [1.29, 1.82) is 0 Å². The summed E-state index contributed by atoms with van der Waals surface area (Å²) in [6, 6.07) is 6.50. The molecule has 0 aliphatic carbocycles. The van der Waals surface area contributed by atoms with E-state index in [2.05, 4.69) is 9.97 Å². The average Bonchev–Trinajstić information content (AvgIpc) is 2.91. The van der Waals surface area contributed by atoms with E-state index in [1.807, 2.05) is 0 Å². The van der Waals surface area contributed by atoms with Crippen LogP contribution >= 0.6 is 0 Å². The number of H-pyrrole nitrogens is 1. The number of nitro groups is 1. The summed E-state index contributed by atoms with van der Waals surface area (Å²) in [5.41, 5.74) is 0.0503. The third-order valence-electron chi connectivity index (χ3n) is 2.83. The van der Waals surface area contributed by atoms with E-state index in [-0.39, 0.29) is 16.6 Å². The van der Waals surface area contributed by atoms with Crippen LogP contribution in [0.3, 0.4) is 0 Å². The summed E-state index contributed by atoms with van der Waals surface area (Å²) >= 11 is 0. The van der Waals surface area contributed by atoms with Crippen molar-refractivity contribution < 1.29 is 4.92 Å². The van der Waals surface area contributed by atoms with Gasteiger partial charge in [-0.25, -0.2) is 4.98 Å². The van der Waals surface area contributed by atoms with Crippen LogP contribution in [-0.4, -0.2) is 19.5 Å². The normalized spacial score (nSPS) is 10.7. The highest BCUT2D eigenvalue weighted by Gasteiger charge is 2.18. The van der Waals surface area contributed by atoms with E-state index in [0.29, 0.717) is 5.69 Å². The van der Waals surface area contributed by atoms with Gasteiger partial charge in [-0.05, 0) is 18.2 Å². The van der Waals surface area contributed by atoms with Crippen LogP contribution in [-0.2, 0) is 0 Å². The highest BCUT2D eigenvalue weighted by Crippen LogP contribution is 2.26. The Morgan fingerprint density at radius 3 is 2.68 bits per heavy atom. The van der Waals surface area contributed by atoms with Gasteiger partial charge in [-0.3, -0.25) is 14.9 Å². The lowest BCUT2D eigenvalue weighted by Crippen LogP contribution is -2.10. The molecule has 0 radical (unpaired) electrons. The van der Waals surface area contributed by atoms with Gasteiger partial charge < -0.3 is 9.55 Å². The third kappa shape index (κ3) is 1.68. The molecule has 0 aliphatic rings. The van der Waals surface area contributed by atoms with E-state index in [0.717, 1.165) is 6.33 Å². The second-order valence-electron chi connectivity index (χ2n) is 3.91. The van der Waals surface area contributed by atoms with Crippen LogP contribution in [0.1, 0.15) is 0 Å². The molecule has 0 aliphatic heterocycles. The quantitative estimate of drug-likeness (QED) is 0.556. The second kappa shape index (κ2) is 4.05. The first-order valence-corrected chi connectivity index (χ1v) is 5.46. The van der Waals surface area contributed by atoms with Crippen molar-refractivity contribution in [3.05, 3.63) is 63.5 Å². The fourth-order valence-electron chi connectivity index (χ4n) is 2.01. The summed E-state index contributed by atoms with van der Waals surface area (Å²) in [4.78, 5) is 28.7. The number of nitrogens with zero attached hydrogens (tertiary/aromatic N) is 3. The van der Waals surface area contributed by atoms with Gasteiger partial charge in [-0.2, -0.15) is 0 Å². The third-order valence-corrected chi connectivity index (χ3v) is 2.83. The van der Waals surface area contributed by atoms with Gasteiger partial charge in [0.1, 0.15) is 0 Å². The maximum atomic E-state index is 11.9. The first-order valence-electron chi connectivity index (χ1n) is 5.46. The van der Waals surface area contributed by atoms with E-state index in [4.69, 9.17) is 0 Å². The Balaban J connectivity index is 2.47. The fraction of sp³-hybridized carbons (Fsp3) is 0. The van der Waals surface area contributed by atoms with Gasteiger partial charge in [0.25, 0.3) is 11.2 Å². The van der Waals surface area contributed by atoms with E-state index in [1.54, 1.807) is 29.1 Å². The summed E-state index contributed by atoms with van der Waals surface area (Å²) in [5, 5.41) is 11.2. The van der Waals surface area contributed by atoms with Crippen LogP contribution in [0.5, 0.6) is 0 Å². The number of rotatable bonds is 2. The SMILES string of the molecule is O=c1[nH]cnc2c([N+](=O)[O-])ccc(-n3cccc3)c12. The van der Waals surface area contributed by atoms with Gasteiger partial charge in [-0.1, -0.05) is 0 Å². The first-order chi connectivity index (χ1) is 9.18. The number of nitro benzene ring substituents is 1. The molecule has 2 heterocycles. The smallest absolute Gasteiger partial charge is 0.295 e. The molecule has 0 bridgehead atoms. The van der Waals surface area contributed by atoms with Crippen LogP contribution in [0.25, 0.3) is 16.6 Å². The Bertz CT molecular complexity index is 821. The molecule has 1 aromatic carbocycles. The van der Waals surface area contributed by atoms with E-state index in [9.17, 15) is 14.9 Å². The molecular formula is C12H8N4O3. The van der Waals surface area contributed by atoms with Crippen molar-refractivity contribution in [3.8, 4) is 5.69 Å². The zero-order valence-electron chi connectivity index (χ0n) is 9.61. The highest BCUT2D eigenvalue weighted by atomic mass is 16.6. The number of nitrogens with one attached hydrogen (secondary N) is 1. The molecule has 2 aromatic heterocycles. The van der Waals surface area contributed by atoms with E-state index < -0.39 is 10.5 Å². The predicted molar refractivity (Wildman–Crippen MR) is 68.3 cm³/mol. The van der Waals surface area contributed by atoms with Crippen LogP contribution < -0.4 is 5.56 Å². The molecule has 0 spiro atoms. The Morgan fingerprint density at radius 2 is 2.00 bits per heavy atom. The van der Waals surface area contributed by atoms with Crippen LogP contribution in [0, 0.1) is 10.1 Å². The zero-order valence-corrected chi connectivity index (χ0v) is 9.61. The summed E-state index contributed by atoms with van der Waals surface area (Å²) in [6.07, 6.45) is 4.68. The Labute approximate surface area is 106 Å². The van der Waals surface area contributed by atoms with Crippen LogP contribution in [0.15, 0.2) is 47.8 Å². The lowest BCUT2D eigenvalue weighted by Gasteiger charge is -2.06. The van der Waals surface area contributed by atoms with Gasteiger partial charge in [-0.15, -0.1) is 0 Å². The summed E-state index contributed by atoms with van der Waals surface area (Å²) in [6.45, 7) is 0. The fourth-order valence-corrected chi connectivity index (χ4v) is 2.01. The zero-order chi connectivity index (χ0) is 13.4. The average molecular weight is 256 g/mol. The Kier molecular flexibility index (Phi) is 2.38. The van der Waals surface area contributed by atoms with Crippen LogP contribution in [0.2, 0.25) is 0 Å². The Hall–Kier alpha value is -2.96. The van der Waals surface area contributed by atoms with Crippen molar-refractivity contribution >= 4 is 16.6 Å². The molecule has 7 nitrogen and oxygen atoms in total. The largest absolute Gasteiger partial charge is 0.323 e. The number of aromatic amines is 1. The molecule has 3 aromatic rings. The van der Waals surface area contributed by atoms with Crippen molar-refractivity contribution in [3.63, 3.8) is 0 Å². The number of hydrogen-bond acceptors (Lipinski definition) is 4. The number of aromatic nitrogens is 3. The molecule has 0 saturated carbocycles. The Morgan fingerprint density at radius 1 is 1.26 bits per heavy atom. The van der Waals surface area contributed by atoms with Crippen molar-refractivity contribution in [1.82, 2.24) is 14.5 Å². The van der Waals surface area contributed by atoms with Crippen molar-refractivity contribution in [2.24, 2.45) is 0 Å². The molecule has 0 amide bonds. The minimum atomic E-state index is -0.547. The maximum absolute atomic E-state index is 11.9. The van der Waals surface area contributed by atoms with E-state index >= 15 is 0 Å². The summed E-state index contributed by atoms with van der Waals surface area (Å²) in [5.74, 6) is 0. The van der Waals surface area contributed by atoms with Crippen molar-refractivity contribution in [2.75, 3.05) is 0 Å². The lowest BCUT2D eigenvalue weighted by molar-refractivity contribution is -0.383. The van der Waals surface area contributed by atoms with Gasteiger partial charge in [0.05, 0.1) is 22.3 Å². The summed E-state index contributed by atoms with van der Waals surface area (Å²) < 4.78 is 1.71. The summed E-state index contributed by atoms with van der Waals surface area (Å²) in [7, 11) is 0. The molecular weight excluding hydrogens is 248 g/mol. The van der Waals surface area contributed by atoms with Gasteiger partial charge >= 0.3 is 0 Å².